The van der Waals surface area contributed by atoms with Crippen LogP contribution in [-0.2, 0) is 9.53 Å². The largest absolute Gasteiger partial charge is 0.462 e. The number of carbonyl (C=O) groups is 2. The summed E-state index contributed by atoms with van der Waals surface area (Å²) in [5, 5.41) is 19.2. The van der Waals surface area contributed by atoms with Gasteiger partial charge in [0, 0.05) is 12.1 Å². The molecular weight excluding hydrogens is 258 g/mol. The first kappa shape index (κ1) is 15.2. The van der Waals surface area contributed by atoms with Gasteiger partial charge in [0.15, 0.2) is 0 Å². The molecule has 0 aromatic heterocycles. The number of benzene rings is 1. The van der Waals surface area contributed by atoms with Crippen LogP contribution < -0.4 is 5.32 Å². The van der Waals surface area contributed by atoms with Crippen LogP contribution in [0.15, 0.2) is 24.3 Å². The molecule has 1 aromatic carbocycles. The van der Waals surface area contributed by atoms with Gasteiger partial charge in [-0.2, -0.15) is 10.5 Å². The second kappa shape index (κ2) is 8.28. The minimum Gasteiger partial charge on any atom is -0.462 e. The third-order valence-electron chi connectivity index (χ3n) is 2.31. The number of amides is 1. The Morgan fingerprint density at radius 1 is 1.15 bits per heavy atom. The van der Waals surface area contributed by atoms with Gasteiger partial charge in [0.25, 0.3) is 0 Å². The molecule has 6 heteroatoms. The summed E-state index contributed by atoms with van der Waals surface area (Å²) in [4.78, 5) is 22.8. The molecule has 0 atom stereocenters. The van der Waals surface area contributed by atoms with Gasteiger partial charge in [0.2, 0.25) is 5.91 Å². The molecule has 1 amide bonds. The van der Waals surface area contributed by atoms with Crippen molar-refractivity contribution in [2.45, 2.75) is 19.3 Å². The van der Waals surface area contributed by atoms with E-state index >= 15 is 0 Å². The van der Waals surface area contributed by atoms with Crippen LogP contribution in [0.3, 0.4) is 0 Å². The van der Waals surface area contributed by atoms with Gasteiger partial charge >= 0.3 is 5.97 Å². The average molecular weight is 271 g/mol. The molecule has 0 radical (unpaired) electrons. The van der Waals surface area contributed by atoms with Crippen molar-refractivity contribution in [3.05, 3.63) is 29.8 Å². The average Bonchev–Trinajstić information content (AvgIpc) is 2.44. The SMILES string of the molecule is N#CCCCOC(=O)c1ccc(NC(=O)CC#N)cc1. The molecule has 0 saturated carbocycles. The number of rotatable bonds is 6. The fourth-order valence-electron chi connectivity index (χ4n) is 1.37. The van der Waals surface area contributed by atoms with Gasteiger partial charge in [-0.3, -0.25) is 4.79 Å². The van der Waals surface area contributed by atoms with Gasteiger partial charge in [0.05, 0.1) is 24.3 Å². The molecule has 102 valence electrons. The third-order valence-corrected chi connectivity index (χ3v) is 2.31. The maximum atomic E-state index is 11.6. The lowest BCUT2D eigenvalue weighted by molar-refractivity contribution is -0.115. The van der Waals surface area contributed by atoms with Crippen LogP contribution in [-0.4, -0.2) is 18.5 Å². The standard InChI is InChI=1S/C14H13N3O3/c15-8-1-2-10-20-14(19)11-3-5-12(6-4-11)17-13(18)7-9-16/h3-6H,1-2,7,10H2,(H,17,18). The molecule has 1 N–H and O–H groups in total. The number of esters is 1. The van der Waals surface area contributed by atoms with Crippen LogP contribution in [0.25, 0.3) is 0 Å². The first-order valence-corrected chi connectivity index (χ1v) is 5.98. The van der Waals surface area contributed by atoms with Crippen molar-refractivity contribution in [1.82, 2.24) is 0 Å². The fourth-order valence-corrected chi connectivity index (χ4v) is 1.37. The van der Waals surface area contributed by atoms with Gasteiger partial charge in [-0.25, -0.2) is 4.79 Å². The second-order valence-corrected chi connectivity index (χ2v) is 3.86. The highest BCUT2D eigenvalue weighted by molar-refractivity contribution is 5.93. The molecule has 0 unspecified atom stereocenters. The Bertz CT molecular complexity index is 553. The number of carbonyl (C=O) groups excluding carboxylic acids is 2. The van der Waals surface area contributed by atoms with E-state index in [-0.39, 0.29) is 13.0 Å². The van der Waals surface area contributed by atoms with E-state index in [1.807, 2.05) is 6.07 Å². The number of unbranched alkanes of at least 4 members (excludes halogenated alkanes) is 1. The summed E-state index contributed by atoms with van der Waals surface area (Å²) >= 11 is 0. The van der Waals surface area contributed by atoms with E-state index in [9.17, 15) is 9.59 Å². The van der Waals surface area contributed by atoms with Crippen LogP contribution in [0.4, 0.5) is 5.69 Å². The van der Waals surface area contributed by atoms with Gasteiger partial charge in [-0.05, 0) is 30.7 Å². The summed E-state index contributed by atoms with van der Waals surface area (Å²) in [6.45, 7) is 0.201. The molecule has 0 fully saturated rings. The minimum absolute atomic E-state index is 0.201. The maximum Gasteiger partial charge on any atom is 0.338 e. The lowest BCUT2D eigenvalue weighted by Gasteiger charge is -2.05. The molecule has 1 aromatic rings. The maximum absolute atomic E-state index is 11.6. The van der Waals surface area contributed by atoms with Gasteiger partial charge in [-0.1, -0.05) is 0 Å². The minimum atomic E-state index is -0.474. The van der Waals surface area contributed by atoms with E-state index in [4.69, 9.17) is 15.3 Å². The van der Waals surface area contributed by atoms with E-state index in [1.165, 1.54) is 12.1 Å². The number of hydrogen-bond donors (Lipinski definition) is 1. The Labute approximate surface area is 116 Å². The van der Waals surface area contributed by atoms with Crippen LogP contribution in [0.2, 0.25) is 0 Å². The molecule has 0 aliphatic heterocycles. The van der Waals surface area contributed by atoms with E-state index < -0.39 is 11.9 Å². The summed E-state index contributed by atoms with van der Waals surface area (Å²) in [7, 11) is 0. The monoisotopic (exact) mass is 271 g/mol. The van der Waals surface area contributed by atoms with Crippen LogP contribution in [0.1, 0.15) is 29.6 Å². The first-order chi connectivity index (χ1) is 9.67. The fraction of sp³-hybridized carbons (Fsp3) is 0.286. The molecule has 6 nitrogen and oxygen atoms in total. The highest BCUT2D eigenvalue weighted by atomic mass is 16.5. The summed E-state index contributed by atoms with van der Waals surface area (Å²) in [6.07, 6.45) is 0.629. The quantitative estimate of drug-likeness (QED) is 0.629. The van der Waals surface area contributed by atoms with Crippen molar-refractivity contribution in [2.75, 3.05) is 11.9 Å². The van der Waals surface area contributed by atoms with Crippen LogP contribution in [0.5, 0.6) is 0 Å². The number of nitrogens with one attached hydrogen (secondary N) is 1. The number of ether oxygens (including phenoxy) is 1. The first-order valence-electron chi connectivity index (χ1n) is 5.98. The van der Waals surface area contributed by atoms with Crippen molar-refractivity contribution in [3.8, 4) is 12.1 Å². The number of anilines is 1. The third kappa shape index (κ3) is 5.19. The predicted octanol–water partition coefficient (Wildman–Crippen LogP) is 2.00. The van der Waals surface area contributed by atoms with Gasteiger partial charge in [-0.15, -0.1) is 0 Å². The molecule has 0 heterocycles. The highest BCUT2D eigenvalue weighted by Gasteiger charge is 2.07. The zero-order valence-electron chi connectivity index (χ0n) is 10.8. The molecule has 0 saturated heterocycles. The Kier molecular flexibility index (Phi) is 6.29. The summed E-state index contributed by atoms with van der Waals surface area (Å²) in [6, 6.07) is 9.86. The van der Waals surface area contributed by atoms with E-state index in [0.29, 0.717) is 24.1 Å². The predicted molar refractivity (Wildman–Crippen MR) is 70.4 cm³/mol. The van der Waals surface area contributed by atoms with Gasteiger partial charge < -0.3 is 10.1 Å². The Morgan fingerprint density at radius 2 is 1.85 bits per heavy atom. The van der Waals surface area contributed by atoms with E-state index in [1.54, 1.807) is 18.2 Å². The molecule has 1 rings (SSSR count). The van der Waals surface area contributed by atoms with E-state index in [2.05, 4.69) is 5.32 Å². The molecular formula is C14H13N3O3. The molecule has 0 aliphatic carbocycles. The summed E-state index contributed by atoms with van der Waals surface area (Å²) in [5.41, 5.74) is 0.867. The second-order valence-electron chi connectivity index (χ2n) is 3.86. The van der Waals surface area contributed by atoms with Crippen LogP contribution in [0, 0.1) is 22.7 Å². The zero-order valence-corrected chi connectivity index (χ0v) is 10.8. The summed E-state index contributed by atoms with van der Waals surface area (Å²) in [5.74, 6) is -0.878. The summed E-state index contributed by atoms with van der Waals surface area (Å²) < 4.78 is 4.97. The normalized spacial score (nSPS) is 9.10. The molecule has 0 spiro atoms. The van der Waals surface area contributed by atoms with Gasteiger partial charge in [0.1, 0.15) is 6.42 Å². The molecule has 0 aliphatic rings. The zero-order chi connectivity index (χ0) is 14.8. The van der Waals surface area contributed by atoms with Crippen molar-refractivity contribution < 1.29 is 14.3 Å². The number of nitrogens with zero attached hydrogens (tertiary/aromatic N) is 2. The lowest BCUT2D eigenvalue weighted by atomic mass is 10.2. The van der Waals surface area contributed by atoms with Crippen molar-refractivity contribution in [2.24, 2.45) is 0 Å². The smallest absolute Gasteiger partial charge is 0.338 e. The van der Waals surface area contributed by atoms with Crippen LogP contribution >= 0.6 is 0 Å². The Hall–Kier alpha value is -2.86. The highest BCUT2D eigenvalue weighted by Crippen LogP contribution is 2.11. The van der Waals surface area contributed by atoms with E-state index in [0.717, 1.165) is 0 Å². The Balaban J connectivity index is 2.50. The molecule has 0 bridgehead atoms. The van der Waals surface area contributed by atoms with Crippen molar-refractivity contribution in [3.63, 3.8) is 0 Å². The Morgan fingerprint density at radius 3 is 2.45 bits per heavy atom. The van der Waals surface area contributed by atoms with Crippen molar-refractivity contribution in [1.29, 1.82) is 10.5 Å². The van der Waals surface area contributed by atoms with Crippen molar-refractivity contribution >= 4 is 17.6 Å². The lowest BCUT2D eigenvalue weighted by Crippen LogP contribution is -2.10. The number of nitriles is 2. The topological polar surface area (TPSA) is 103 Å². The molecule has 20 heavy (non-hydrogen) atoms. The number of hydrogen-bond acceptors (Lipinski definition) is 5.